The molecule has 1 aromatic carbocycles. The van der Waals surface area contributed by atoms with Crippen molar-refractivity contribution in [2.75, 3.05) is 0 Å². The van der Waals surface area contributed by atoms with Crippen LogP contribution < -0.4 is 0 Å². The molecule has 0 spiro atoms. The highest BCUT2D eigenvalue weighted by molar-refractivity contribution is 7.09. The zero-order chi connectivity index (χ0) is 13.6. The van der Waals surface area contributed by atoms with Gasteiger partial charge in [-0.3, -0.25) is 4.98 Å². The molecular formula is C17H16N2S. The molecule has 100 valence electrons. The average Bonchev–Trinajstić information content (AvgIpc) is 2.98. The summed E-state index contributed by atoms with van der Waals surface area (Å²) in [6, 6.07) is 14.6. The van der Waals surface area contributed by atoms with Crippen molar-refractivity contribution < 1.29 is 0 Å². The van der Waals surface area contributed by atoms with Crippen LogP contribution in [0.25, 0.3) is 11.3 Å². The molecule has 3 aromatic rings. The van der Waals surface area contributed by atoms with Gasteiger partial charge in [-0.1, -0.05) is 30.3 Å². The quantitative estimate of drug-likeness (QED) is 0.693. The summed E-state index contributed by atoms with van der Waals surface area (Å²) in [4.78, 5) is 8.83. The Morgan fingerprint density at radius 1 is 0.950 bits per heavy atom. The third-order valence-electron chi connectivity index (χ3n) is 3.21. The van der Waals surface area contributed by atoms with E-state index in [2.05, 4.69) is 46.8 Å². The molecule has 0 saturated carbocycles. The molecule has 20 heavy (non-hydrogen) atoms. The number of benzene rings is 1. The number of hydrogen-bond acceptors (Lipinski definition) is 3. The Kier molecular flexibility index (Phi) is 4.19. The Hall–Kier alpha value is -2.00. The lowest BCUT2D eigenvalue weighted by atomic mass is 10.1. The molecule has 0 saturated heterocycles. The number of aromatic nitrogens is 2. The minimum Gasteiger partial charge on any atom is -0.264 e. The maximum Gasteiger partial charge on any atom is 0.0932 e. The van der Waals surface area contributed by atoms with E-state index in [0.29, 0.717) is 0 Å². The average molecular weight is 280 g/mol. The number of aryl methyl sites for hydroxylation is 2. The normalized spacial score (nSPS) is 10.6. The van der Waals surface area contributed by atoms with Gasteiger partial charge in [0, 0.05) is 23.3 Å². The maximum absolute atomic E-state index is 4.69. The summed E-state index contributed by atoms with van der Waals surface area (Å²) in [5.41, 5.74) is 3.53. The Bertz CT molecular complexity index is 647. The van der Waals surface area contributed by atoms with Gasteiger partial charge in [-0.05, 0) is 37.0 Å². The first-order valence-corrected chi connectivity index (χ1v) is 7.68. The minimum atomic E-state index is 1.04. The van der Waals surface area contributed by atoms with E-state index in [-0.39, 0.29) is 0 Å². The van der Waals surface area contributed by atoms with Gasteiger partial charge in [-0.2, -0.15) is 0 Å². The zero-order valence-electron chi connectivity index (χ0n) is 11.2. The molecule has 0 unspecified atom stereocenters. The van der Waals surface area contributed by atoms with Crippen molar-refractivity contribution in [2.24, 2.45) is 0 Å². The van der Waals surface area contributed by atoms with Crippen LogP contribution in [0.2, 0.25) is 0 Å². The highest BCUT2D eigenvalue weighted by Crippen LogP contribution is 2.22. The molecule has 2 heterocycles. The summed E-state index contributed by atoms with van der Waals surface area (Å²) in [5.74, 6) is 0. The van der Waals surface area contributed by atoms with Crippen LogP contribution in [-0.4, -0.2) is 9.97 Å². The van der Waals surface area contributed by atoms with Crippen molar-refractivity contribution in [3.05, 3.63) is 70.8 Å². The first kappa shape index (κ1) is 13.0. The standard InChI is InChI=1S/C17H16N2S/c1-2-6-14(7-3-1)8-4-10-17-19-16(13-20-17)15-9-5-11-18-12-15/h1-3,5-7,9,11-13H,4,8,10H2. The molecule has 0 aliphatic carbocycles. The Labute approximate surface area is 123 Å². The fourth-order valence-corrected chi connectivity index (χ4v) is 3.01. The van der Waals surface area contributed by atoms with Crippen LogP contribution >= 0.6 is 11.3 Å². The second kappa shape index (κ2) is 6.44. The van der Waals surface area contributed by atoms with Crippen LogP contribution in [0.15, 0.2) is 60.2 Å². The number of hydrogen-bond donors (Lipinski definition) is 0. The van der Waals surface area contributed by atoms with E-state index in [9.17, 15) is 0 Å². The van der Waals surface area contributed by atoms with Crippen LogP contribution in [0.1, 0.15) is 17.0 Å². The van der Waals surface area contributed by atoms with E-state index in [1.54, 1.807) is 17.5 Å². The van der Waals surface area contributed by atoms with Gasteiger partial charge < -0.3 is 0 Å². The summed E-state index contributed by atoms with van der Waals surface area (Å²) >= 11 is 1.74. The molecule has 2 nitrogen and oxygen atoms in total. The Morgan fingerprint density at radius 2 is 1.85 bits per heavy atom. The minimum absolute atomic E-state index is 1.04. The van der Waals surface area contributed by atoms with Crippen molar-refractivity contribution in [1.82, 2.24) is 9.97 Å². The summed E-state index contributed by atoms with van der Waals surface area (Å²) in [6.07, 6.45) is 6.95. The fourth-order valence-electron chi connectivity index (χ4n) is 2.16. The van der Waals surface area contributed by atoms with Gasteiger partial charge in [0.25, 0.3) is 0 Å². The lowest BCUT2D eigenvalue weighted by Crippen LogP contribution is -1.89. The monoisotopic (exact) mass is 280 g/mol. The van der Waals surface area contributed by atoms with Crippen LogP contribution in [-0.2, 0) is 12.8 Å². The molecule has 0 fully saturated rings. The topological polar surface area (TPSA) is 25.8 Å². The first-order valence-electron chi connectivity index (χ1n) is 6.80. The third-order valence-corrected chi connectivity index (χ3v) is 4.12. The maximum atomic E-state index is 4.69. The second-order valence-corrected chi connectivity index (χ2v) is 5.65. The molecule has 0 bridgehead atoms. The van der Waals surface area contributed by atoms with Crippen molar-refractivity contribution in [3.8, 4) is 11.3 Å². The van der Waals surface area contributed by atoms with Gasteiger partial charge in [-0.15, -0.1) is 11.3 Å². The summed E-state index contributed by atoms with van der Waals surface area (Å²) < 4.78 is 0. The largest absolute Gasteiger partial charge is 0.264 e. The Morgan fingerprint density at radius 3 is 2.65 bits per heavy atom. The molecule has 0 radical (unpaired) electrons. The second-order valence-electron chi connectivity index (χ2n) is 4.71. The van der Waals surface area contributed by atoms with Gasteiger partial charge >= 0.3 is 0 Å². The van der Waals surface area contributed by atoms with E-state index in [4.69, 9.17) is 4.98 Å². The lowest BCUT2D eigenvalue weighted by Gasteiger charge is -1.99. The SMILES string of the molecule is c1ccc(CCCc2nc(-c3cccnc3)cs2)cc1. The number of rotatable bonds is 5. The zero-order valence-corrected chi connectivity index (χ0v) is 12.0. The van der Waals surface area contributed by atoms with Gasteiger partial charge in [0.2, 0.25) is 0 Å². The third kappa shape index (κ3) is 3.31. The van der Waals surface area contributed by atoms with E-state index < -0.39 is 0 Å². The molecule has 0 aliphatic rings. The van der Waals surface area contributed by atoms with Crippen molar-refractivity contribution in [3.63, 3.8) is 0 Å². The van der Waals surface area contributed by atoms with Crippen molar-refractivity contribution in [2.45, 2.75) is 19.3 Å². The number of pyridine rings is 1. The number of nitrogens with zero attached hydrogens (tertiary/aromatic N) is 2. The van der Waals surface area contributed by atoms with Gasteiger partial charge in [-0.25, -0.2) is 4.98 Å². The predicted octanol–water partition coefficient (Wildman–Crippen LogP) is 4.38. The molecule has 3 rings (SSSR count). The summed E-state index contributed by atoms with van der Waals surface area (Å²) in [5, 5.41) is 3.33. The van der Waals surface area contributed by atoms with E-state index in [1.165, 1.54) is 10.6 Å². The summed E-state index contributed by atoms with van der Waals surface area (Å²) in [7, 11) is 0. The highest BCUT2D eigenvalue weighted by atomic mass is 32.1. The molecule has 0 aliphatic heterocycles. The van der Waals surface area contributed by atoms with E-state index >= 15 is 0 Å². The van der Waals surface area contributed by atoms with Crippen LogP contribution in [0.3, 0.4) is 0 Å². The smallest absolute Gasteiger partial charge is 0.0932 e. The fraction of sp³-hybridized carbons (Fsp3) is 0.176. The van der Waals surface area contributed by atoms with Gasteiger partial charge in [0.15, 0.2) is 0 Å². The first-order chi connectivity index (χ1) is 9.92. The highest BCUT2D eigenvalue weighted by Gasteiger charge is 2.04. The molecule has 2 aromatic heterocycles. The summed E-state index contributed by atoms with van der Waals surface area (Å²) in [6.45, 7) is 0. The van der Waals surface area contributed by atoms with E-state index in [1.807, 2.05) is 12.3 Å². The van der Waals surface area contributed by atoms with E-state index in [0.717, 1.165) is 30.5 Å². The predicted molar refractivity (Wildman–Crippen MR) is 83.8 cm³/mol. The van der Waals surface area contributed by atoms with Crippen molar-refractivity contribution in [1.29, 1.82) is 0 Å². The van der Waals surface area contributed by atoms with Crippen LogP contribution in [0.5, 0.6) is 0 Å². The Balaban J connectivity index is 1.58. The molecule has 3 heteroatoms. The molecular weight excluding hydrogens is 264 g/mol. The van der Waals surface area contributed by atoms with Crippen LogP contribution in [0, 0.1) is 0 Å². The lowest BCUT2D eigenvalue weighted by molar-refractivity contribution is 0.815. The number of thiazole rings is 1. The van der Waals surface area contributed by atoms with Crippen molar-refractivity contribution >= 4 is 11.3 Å². The molecule has 0 amide bonds. The van der Waals surface area contributed by atoms with Gasteiger partial charge in [0.1, 0.15) is 0 Å². The molecule has 0 N–H and O–H groups in total. The van der Waals surface area contributed by atoms with Crippen LogP contribution in [0.4, 0.5) is 0 Å². The van der Waals surface area contributed by atoms with Gasteiger partial charge in [0.05, 0.1) is 10.7 Å². The molecule has 0 atom stereocenters.